The van der Waals surface area contributed by atoms with E-state index < -0.39 is 16.1 Å². The Morgan fingerprint density at radius 3 is 2.57 bits per heavy atom. The van der Waals surface area contributed by atoms with Crippen molar-refractivity contribution in [3.8, 4) is 0 Å². The first kappa shape index (κ1) is 18.9. The molecule has 0 spiro atoms. The van der Waals surface area contributed by atoms with Crippen LogP contribution in [0.3, 0.4) is 0 Å². The van der Waals surface area contributed by atoms with Crippen molar-refractivity contribution >= 4 is 44.0 Å². The maximum atomic E-state index is 13.2. The third-order valence-corrected chi connectivity index (χ3v) is 7.07. The van der Waals surface area contributed by atoms with Gasteiger partial charge in [-0.15, -0.1) is 0 Å². The molecule has 0 aliphatic carbocycles. The van der Waals surface area contributed by atoms with Crippen LogP contribution in [0, 0.1) is 0 Å². The van der Waals surface area contributed by atoms with Gasteiger partial charge in [0, 0.05) is 17.3 Å². The number of rotatable bonds is 4. The van der Waals surface area contributed by atoms with Crippen molar-refractivity contribution in [3.05, 3.63) is 71.8 Å². The first-order valence-corrected chi connectivity index (χ1v) is 10.8. The summed E-state index contributed by atoms with van der Waals surface area (Å²) in [7, 11) is -3.78. The molecule has 1 heterocycles. The third kappa shape index (κ3) is 3.63. The lowest BCUT2D eigenvalue weighted by atomic mass is 10.1. The molecule has 5 nitrogen and oxygen atoms in total. The van der Waals surface area contributed by atoms with Crippen molar-refractivity contribution in [2.75, 3.05) is 11.9 Å². The van der Waals surface area contributed by atoms with E-state index in [0.717, 1.165) is 10.8 Å². The molecule has 1 atom stereocenters. The molecule has 144 valence electrons. The Morgan fingerprint density at radius 1 is 1.00 bits per heavy atom. The first-order chi connectivity index (χ1) is 13.4. The van der Waals surface area contributed by atoms with Crippen molar-refractivity contribution in [1.29, 1.82) is 0 Å². The van der Waals surface area contributed by atoms with Crippen LogP contribution in [0.1, 0.15) is 12.8 Å². The van der Waals surface area contributed by atoms with Crippen molar-refractivity contribution in [1.82, 2.24) is 4.31 Å². The summed E-state index contributed by atoms with van der Waals surface area (Å²) in [5.41, 5.74) is 0.549. The average molecular weight is 415 g/mol. The summed E-state index contributed by atoms with van der Waals surface area (Å²) in [4.78, 5) is 13.0. The summed E-state index contributed by atoms with van der Waals surface area (Å²) in [6, 6.07) is 18.7. The fraction of sp³-hybridized carbons (Fsp3) is 0.190. The van der Waals surface area contributed by atoms with Crippen LogP contribution in [0.2, 0.25) is 5.02 Å². The van der Waals surface area contributed by atoms with E-state index in [0.29, 0.717) is 30.1 Å². The predicted molar refractivity (Wildman–Crippen MR) is 111 cm³/mol. The summed E-state index contributed by atoms with van der Waals surface area (Å²) in [5, 5.41) is 5.10. The van der Waals surface area contributed by atoms with Gasteiger partial charge >= 0.3 is 0 Å². The molecule has 28 heavy (non-hydrogen) atoms. The zero-order valence-electron chi connectivity index (χ0n) is 15.0. The molecule has 0 saturated carbocycles. The Labute approximate surface area is 169 Å². The Morgan fingerprint density at radius 2 is 1.79 bits per heavy atom. The minimum absolute atomic E-state index is 0.202. The van der Waals surface area contributed by atoms with Gasteiger partial charge in [0.15, 0.2) is 0 Å². The lowest BCUT2D eigenvalue weighted by Crippen LogP contribution is -2.43. The van der Waals surface area contributed by atoms with Crippen molar-refractivity contribution < 1.29 is 13.2 Å². The molecule has 3 aromatic rings. The number of carbonyl (C=O) groups is 1. The molecule has 0 radical (unpaired) electrons. The third-order valence-electron chi connectivity index (χ3n) is 4.93. The van der Waals surface area contributed by atoms with Gasteiger partial charge in [-0.1, -0.05) is 48.0 Å². The normalized spacial score (nSPS) is 17.7. The molecule has 0 aromatic heterocycles. The number of benzene rings is 3. The van der Waals surface area contributed by atoms with E-state index >= 15 is 0 Å². The van der Waals surface area contributed by atoms with Gasteiger partial charge in [0.25, 0.3) is 0 Å². The van der Waals surface area contributed by atoms with Gasteiger partial charge in [0.2, 0.25) is 15.9 Å². The molecule has 3 aromatic carbocycles. The summed E-state index contributed by atoms with van der Waals surface area (Å²) in [5.74, 6) is -0.343. The summed E-state index contributed by atoms with van der Waals surface area (Å²) >= 11 is 5.96. The van der Waals surface area contributed by atoms with Gasteiger partial charge in [-0.05, 0) is 53.9 Å². The number of carbonyl (C=O) groups excluding carboxylic acids is 1. The number of nitrogens with one attached hydrogen (secondary N) is 1. The van der Waals surface area contributed by atoms with E-state index in [1.165, 1.54) is 4.31 Å². The number of nitrogens with zero attached hydrogens (tertiary/aromatic N) is 1. The van der Waals surface area contributed by atoms with Crippen LogP contribution in [0.15, 0.2) is 71.6 Å². The van der Waals surface area contributed by atoms with Crippen molar-refractivity contribution in [2.45, 2.75) is 23.8 Å². The molecule has 1 fully saturated rings. The molecule has 0 bridgehead atoms. The fourth-order valence-corrected chi connectivity index (χ4v) is 5.43. The van der Waals surface area contributed by atoms with Gasteiger partial charge in [-0.25, -0.2) is 8.42 Å². The second-order valence-electron chi connectivity index (χ2n) is 6.78. The van der Waals surface area contributed by atoms with E-state index in [1.807, 2.05) is 24.3 Å². The number of halogens is 1. The van der Waals surface area contributed by atoms with Crippen LogP contribution in [-0.4, -0.2) is 31.2 Å². The number of sulfonamides is 1. The molecule has 4 rings (SSSR count). The zero-order chi connectivity index (χ0) is 19.7. The number of fused-ring (bicyclic) bond motifs is 1. The van der Waals surface area contributed by atoms with Crippen molar-refractivity contribution in [2.24, 2.45) is 0 Å². The standard InChI is InChI=1S/C21H19ClN2O3S/c22-17-7-3-8-18(14-17)23-21(25)20-9-4-12-24(20)28(26,27)19-11-10-15-5-1-2-6-16(15)13-19/h1-3,5-8,10-11,13-14,20H,4,9,12H2,(H,23,25)/t20-/m0/s1. The topological polar surface area (TPSA) is 66.5 Å². The molecule has 1 aliphatic heterocycles. The highest BCUT2D eigenvalue weighted by molar-refractivity contribution is 7.89. The zero-order valence-corrected chi connectivity index (χ0v) is 16.6. The molecule has 0 unspecified atom stereocenters. The lowest BCUT2D eigenvalue weighted by Gasteiger charge is -2.23. The summed E-state index contributed by atoms with van der Waals surface area (Å²) in [6.45, 7) is 0.322. The van der Waals surface area contributed by atoms with E-state index in [1.54, 1.807) is 42.5 Å². The first-order valence-electron chi connectivity index (χ1n) is 9.02. The molecule has 1 saturated heterocycles. The van der Waals surface area contributed by atoms with Crippen LogP contribution >= 0.6 is 11.6 Å². The smallest absolute Gasteiger partial charge is 0.243 e. The van der Waals surface area contributed by atoms with Gasteiger partial charge in [0.1, 0.15) is 6.04 Å². The lowest BCUT2D eigenvalue weighted by molar-refractivity contribution is -0.119. The van der Waals surface area contributed by atoms with Gasteiger partial charge in [-0.3, -0.25) is 4.79 Å². The molecule has 7 heteroatoms. The summed E-state index contributed by atoms with van der Waals surface area (Å²) < 4.78 is 27.8. The monoisotopic (exact) mass is 414 g/mol. The van der Waals surface area contributed by atoms with Crippen LogP contribution < -0.4 is 5.32 Å². The van der Waals surface area contributed by atoms with Gasteiger partial charge < -0.3 is 5.32 Å². The summed E-state index contributed by atoms with van der Waals surface area (Å²) in [6.07, 6.45) is 1.12. The number of amides is 1. The number of hydrogen-bond donors (Lipinski definition) is 1. The van der Waals surface area contributed by atoms with E-state index in [9.17, 15) is 13.2 Å². The van der Waals surface area contributed by atoms with Crippen LogP contribution in [0.4, 0.5) is 5.69 Å². The Hall–Kier alpha value is -2.41. The quantitative estimate of drug-likeness (QED) is 0.692. The van der Waals surface area contributed by atoms with E-state index in [-0.39, 0.29) is 10.8 Å². The Bertz CT molecular complexity index is 1150. The SMILES string of the molecule is O=C(Nc1cccc(Cl)c1)[C@@H]1CCCN1S(=O)(=O)c1ccc2ccccc2c1. The highest BCUT2D eigenvalue weighted by Crippen LogP contribution is 2.29. The van der Waals surface area contributed by atoms with Crippen LogP contribution in [-0.2, 0) is 14.8 Å². The molecule has 1 amide bonds. The number of anilines is 1. The van der Waals surface area contributed by atoms with E-state index in [2.05, 4.69) is 5.32 Å². The van der Waals surface area contributed by atoms with E-state index in [4.69, 9.17) is 11.6 Å². The fourth-order valence-electron chi connectivity index (χ4n) is 3.54. The molecular weight excluding hydrogens is 396 g/mol. The second kappa shape index (κ2) is 7.54. The molecule has 1 N–H and O–H groups in total. The molecule has 1 aliphatic rings. The minimum Gasteiger partial charge on any atom is -0.325 e. The van der Waals surface area contributed by atoms with Crippen LogP contribution in [0.25, 0.3) is 10.8 Å². The van der Waals surface area contributed by atoms with Crippen molar-refractivity contribution in [3.63, 3.8) is 0 Å². The minimum atomic E-state index is -3.78. The van der Waals surface area contributed by atoms with Gasteiger partial charge in [0.05, 0.1) is 4.90 Å². The maximum absolute atomic E-state index is 13.2. The van der Waals surface area contributed by atoms with Crippen LogP contribution in [0.5, 0.6) is 0 Å². The molecular formula is C21H19ClN2O3S. The Balaban J connectivity index is 1.61. The maximum Gasteiger partial charge on any atom is 0.243 e. The highest BCUT2D eigenvalue weighted by atomic mass is 35.5. The largest absolute Gasteiger partial charge is 0.325 e. The number of hydrogen-bond acceptors (Lipinski definition) is 3. The predicted octanol–water partition coefficient (Wildman–Crippen LogP) is 4.29. The highest BCUT2D eigenvalue weighted by Gasteiger charge is 2.39. The second-order valence-corrected chi connectivity index (χ2v) is 9.11. The Kier molecular flexibility index (Phi) is 5.10. The average Bonchev–Trinajstić information content (AvgIpc) is 3.18. The van der Waals surface area contributed by atoms with Gasteiger partial charge in [-0.2, -0.15) is 4.31 Å².